The molecule has 0 atom stereocenters. The van der Waals surface area contributed by atoms with E-state index < -0.39 is 0 Å². The van der Waals surface area contributed by atoms with Gasteiger partial charge in [0.25, 0.3) is 0 Å². The average molecular weight is 280 g/mol. The molecule has 0 aromatic carbocycles. The summed E-state index contributed by atoms with van der Waals surface area (Å²) in [5, 5.41) is 8.21. The van der Waals surface area contributed by atoms with Gasteiger partial charge in [-0.25, -0.2) is 0 Å². The zero-order valence-electron chi connectivity index (χ0n) is 11.6. The average Bonchev–Trinajstić information content (AvgIpc) is 3.06. The van der Waals surface area contributed by atoms with Crippen molar-refractivity contribution in [2.24, 2.45) is 0 Å². The molecule has 3 aromatic rings. The first kappa shape index (κ1) is 13.3. The Kier molecular flexibility index (Phi) is 4.21. The number of aryl methyl sites for hydroxylation is 1. The van der Waals surface area contributed by atoms with Crippen LogP contribution >= 0.6 is 0 Å². The Morgan fingerprint density at radius 1 is 0.905 bits per heavy atom. The maximum atomic E-state index is 5.59. The molecule has 3 rings (SSSR count). The van der Waals surface area contributed by atoms with Gasteiger partial charge in [0.05, 0.1) is 12.3 Å². The lowest BCUT2D eigenvalue weighted by molar-refractivity contribution is 0.288. The molecule has 0 fully saturated rings. The molecule has 3 aromatic heterocycles. The van der Waals surface area contributed by atoms with Crippen LogP contribution in [-0.2, 0) is 6.54 Å². The van der Waals surface area contributed by atoms with E-state index in [1.807, 2.05) is 54.9 Å². The Morgan fingerprint density at radius 3 is 2.52 bits per heavy atom. The van der Waals surface area contributed by atoms with Crippen LogP contribution in [0, 0.1) is 0 Å². The van der Waals surface area contributed by atoms with E-state index in [4.69, 9.17) is 4.74 Å². The SMILES string of the molecule is c1ccc(-c2ccc(OCCCn3cccc3)nn2)nc1. The first-order valence-electron chi connectivity index (χ1n) is 6.90. The fourth-order valence-electron chi connectivity index (χ4n) is 1.99. The maximum absolute atomic E-state index is 5.59. The molecule has 0 aliphatic rings. The van der Waals surface area contributed by atoms with E-state index in [0.717, 1.165) is 24.4 Å². The standard InChI is InChI=1S/C16H16N4O/c1-2-9-17-14(6-1)15-7-8-16(19-18-15)21-13-5-12-20-10-3-4-11-20/h1-4,6-11H,5,12-13H2. The number of ether oxygens (including phenoxy) is 1. The third-order valence-corrected chi connectivity index (χ3v) is 3.04. The van der Waals surface area contributed by atoms with E-state index in [9.17, 15) is 0 Å². The molecule has 106 valence electrons. The van der Waals surface area contributed by atoms with Gasteiger partial charge in [-0.05, 0) is 36.8 Å². The number of nitrogens with zero attached hydrogens (tertiary/aromatic N) is 4. The molecule has 0 aliphatic heterocycles. The van der Waals surface area contributed by atoms with Crippen molar-refractivity contribution in [1.29, 1.82) is 0 Å². The van der Waals surface area contributed by atoms with Crippen LogP contribution in [0.4, 0.5) is 0 Å². The largest absolute Gasteiger partial charge is 0.477 e. The van der Waals surface area contributed by atoms with Crippen molar-refractivity contribution < 1.29 is 4.74 Å². The van der Waals surface area contributed by atoms with Gasteiger partial charge in [0, 0.05) is 31.2 Å². The first-order valence-corrected chi connectivity index (χ1v) is 6.90. The van der Waals surface area contributed by atoms with Gasteiger partial charge in [-0.1, -0.05) is 6.07 Å². The van der Waals surface area contributed by atoms with Gasteiger partial charge in [-0.2, -0.15) is 0 Å². The summed E-state index contributed by atoms with van der Waals surface area (Å²) in [5.41, 5.74) is 1.56. The number of pyridine rings is 1. The van der Waals surface area contributed by atoms with E-state index >= 15 is 0 Å². The van der Waals surface area contributed by atoms with Crippen LogP contribution in [0.2, 0.25) is 0 Å². The van der Waals surface area contributed by atoms with Crippen molar-refractivity contribution in [3.63, 3.8) is 0 Å². The van der Waals surface area contributed by atoms with Crippen molar-refractivity contribution in [2.45, 2.75) is 13.0 Å². The van der Waals surface area contributed by atoms with Gasteiger partial charge in [-0.3, -0.25) is 4.98 Å². The summed E-state index contributed by atoms with van der Waals surface area (Å²) >= 11 is 0. The second kappa shape index (κ2) is 6.65. The van der Waals surface area contributed by atoms with Gasteiger partial charge in [0.1, 0.15) is 5.69 Å². The minimum atomic E-state index is 0.544. The van der Waals surface area contributed by atoms with Crippen molar-refractivity contribution >= 4 is 0 Å². The van der Waals surface area contributed by atoms with E-state index in [-0.39, 0.29) is 0 Å². The number of hydrogen-bond acceptors (Lipinski definition) is 4. The highest BCUT2D eigenvalue weighted by molar-refractivity contribution is 5.52. The van der Waals surface area contributed by atoms with Crippen LogP contribution < -0.4 is 4.74 Å². The summed E-state index contributed by atoms with van der Waals surface area (Å²) < 4.78 is 7.71. The van der Waals surface area contributed by atoms with Crippen molar-refractivity contribution in [3.8, 4) is 17.3 Å². The molecule has 0 aliphatic carbocycles. The lowest BCUT2D eigenvalue weighted by atomic mass is 10.2. The second-order valence-corrected chi connectivity index (χ2v) is 4.59. The van der Waals surface area contributed by atoms with Crippen molar-refractivity contribution in [1.82, 2.24) is 19.7 Å². The Labute approximate surface area is 123 Å². The minimum absolute atomic E-state index is 0.544. The Hall–Kier alpha value is -2.69. The molecule has 3 heterocycles. The highest BCUT2D eigenvalue weighted by atomic mass is 16.5. The minimum Gasteiger partial charge on any atom is -0.477 e. The molecule has 0 radical (unpaired) electrons. The van der Waals surface area contributed by atoms with Gasteiger partial charge < -0.3 is 9.30 Å². The molecule has 0 spiro atoms. The van der Waals surface area contributed by atoms with Gasteiger partial charge in [0.15, 0.2) is 0 Å². The monoisotopic (exact) mass is 280 g/mol. The molecule has 0 amide bonds. The molecule has 0 bridgehead atoms. The lowest BCUT2D eigenvalue weighted by Gasteiger charge is -2.06. The lowest BCUT2D eigenvalue weighted by Crippen LogP contribution is -2.04. The van der Waals surface area contributed by atoms with Crippen LogP contribution in [0.5, 0.6) is 5.88 Å². The summed E-state index contributed by atoms with van der Waals surface area (Å²) in [6.07, 6.45) is 6.75. The third kappa shape index (κ3) is 3.66. The second-order valence-electron chi connectivity index (χ2n) is 4.59. The first-order chi connectivity index (χ1) is 10.4. The van der Waals surface area contributed by atoms with Gasteiger partial charge in [0.2, 0.25) is 5.88 Å². The molecule has 0 saturated heterocycles. The molecular formula is C16H16N4O. The van der Waals surface area contributed by atoms with E-state index in [1.54, 1.807) is 6.20 Å². The van der Waals surface area contributed by atoms with Crippen LogP contribution in [0.25, 0.3) is 11.4 Å². The van der Waals surface area contributed by atoms with Gasteiger partial charge in [-0.15, -0.1) is 10.2 Å². The number of hydrogen-bond donors (Lipinski definition) is 0. The molecule has 0 saturated carbocycles. The molecule has 5 heteroatoms. The van der Waals surface area contributed by atoms with Crippen molar-refractivity contribution in [3.05, 3.63) is 61.1 Å². The summed E-state index contributed by atoms with van der Waals surface area (Å²) in [5.74, 6) is 0.544. The summed E-state index contributed by atoms with van der Waals surface area (Å²) in [4.78, 5) is 4.24. The fourth-order valence-corrected chi connectivity index (χ4v) is 1.99. The summed E-state index contributed by atoms with van der Waals surface area (Å²) in [6.45, 7) is 1.56. The Bertz CT molecular complexity index is 651. The number of rotatable bonds is 6. The molecular weight excluding hydrogens is 264 g/mol. The Morgan fingerprint density at radius 2 is 1.81 bits per heavy atom. The van der Waals surface area contributed by atoms with E-state index in [1.165, 1.54) is 0 Å². The molecule has 0 unspecified atom stereocenters. The van der Waals surface area contributed by atoms with Crippen LogP contribution in [0.1, 0.15) is 6.42 Å². The molecule has 21 heavy (non-hydrogen) atoms. The zero-order chi connectivity index (χ0) is 14.3. The third-order valence-electron chi connectivity index (χ3n) is 3.04. The smallest absolute Gasteiger partial charge is 0.233 e. The van der Waals surface area contributed by atoms with Crippen molar-refractivity contribution in [2.75, 3.05) is 6.61 Å². The predicted octanol–water partition coefficient (Wildman–Crippen LogP) is 2.81. The van der Waals surface area contributed by atoms with Crippen LogP contribution in [0.3, 0.4) is 0 Å². The number of aromatic nitrogens is 4. The molecule has 0 N–H and O–H groups in total. The summed E-state index contributed by atoms with van der Waals surface area (Å²) in [6, 6.07) is 13.4. The van der Waals surface area contributed by atoms with E-state index in [2.05, 4.69) is 19.7 Å². The normalized spacial score (nSPS) is 10.5. The predicted molar refractivity (Wildman–Crippen MR) is 79.8 cm³/mol. The topological polar surface area (TPSA) is 52.8 Å². The molecule has 5 nitrogen and oxygen atoms in total. The van der Waals surface area contributed by atoms with Crippen LogP contribution in [-0.4, -0.2) is 26.4 Å². The van der Waals surface area contributed by atoms with Gasteiger partial charge >= 0.3 is 0 Å². The zero-order valence-corrected chi connectivity index (χ0v) is 11.6. The Balaban J connectivity index is 1.50. The quantitative estimate of drug-likeness (QED) is 0.651. The highest BCUT2D eigenvalue weighted by Crippen LogP contribution is 2.14. The maximum Gasteiger partial charge on any atom is 0.233 e. The summed E-state index contributed by atoms with van der Waals surface area (Å²) in [7, 11) is 0. The van der Waals surface area contributed by atoms with E-state index in [0.29, 0.717) is 12.5 Å². The highest BCUT2D eigenvalue weighted by Gasteiger charge is 2.02. The fraction of sp³-hybridized carbons (Fsp3) is 0.188. The van der Waals surface area contributed by atoms with Crippen LogP contribution in [0.15, 0.2) is 61.1 Å².